The van der Waals surface area contributed by atoms with Gasteiger partial charge in [-0.25, -0.2) is 4.98 Å². The zero-order chi connectivity index (χ0) is 31.1. The summed E-state index contributed by atoms with van der Waals surface area (Å²) < 4.78 is 0. The number of carbonyl (C=O) groups excluding carboxylic acids is 3. The Morgan fingerprint density at radius 1 is 1.13 bits per heavy atom. The van der Waals surface area contributed by atoms with Crippen molar-refractivity contribution in [2.75, 3.05) is 50.4 Å². The van der Waals surface area contributed by atoms with Crippen LogP contribution in [0.15, 0.2) is 60.5 Å². The van der Waals surface area contributed by atoms with Crippen LogP contribution in [0, 0.1) is 5.92 Å². The summed E-state index contributed by atoms with van der Waals surface area (Å²) in [6.45, 7) is 5.50. The average Bonchev–Trinajstić information content (AvgIpc) is 3.57. The third kappa shape index (κ3) is 5.66. The van der Waals surface area contributed by atoms with Gasteiger partial charge in [0.15, 0.2) is 0 Å². The van der Waals surface area contributed by atoms with Gasteiger partial charge >= 0.3 is 0 Å². The lowest BCUT2D eigenvalue weighted by molar-refractivity contribution is -0.143. The van der Waals surface area contributed by atoms with Gasteiger partial charge in [0.25, 0.3) is 0 Å². The Balaban J connectivity index is 1.01. The van der Waals surface area contributed by atoms with Crippen molar-refractivity contribution in [2.45, 2.75) is 63.1 Å². The average molecular weight is 610 g/mol. The topological polar surface area (TPSA) is 110 Å². The molecule has 10 heteroatoms. The summed E-state index contributed by atoms with van der Waals surface area (Å²) in [6, 6.07) is 9.77. The van der Waals surface area contributed by atoms with Gasteiger partial charge in [0.05, 0.1) is 5.41 Å². The second-order valence-electron chi connectivity index (χ2n) is 13.4. The number of nitrogens with one attached hydrogen (secondary N) is 3. The van der Waals surface area contributed by atoms with Gasteiger partial charge in [0.1, 0.15) is 18.5 Å². The van der Waals surface area contributed by atoms with E-state index in [4.69, 9.17) is 0 Å². The van der Waals surface area contributed by atoms with Crippen LogP contribution in [0.25, 0.3) is 0 Å². The maximum atomic E-state index is 14.0. The summed E-state index contributed by atoms with van der Waals surface area (Å²) in [5.74, 6) is 0.438. The van der Waals surface area contributed by atoms with Gasteiger partial charge in [-0.05, 0) is 93.5 Å². The number of aromatic nitrogens is 1. The molecule has 2 fully saturated rings. The van der Waals surface area contributed by atoms with E-state index in [0.29, 0.717) is 30.9 Å². The molecule has 1 unspecified atom stereocenters. The van der Waals surface area contributed by atoms with Crippen molar-refractivity contribution in [3.63, 3.8) is 0 Å². The molecule has 2 aromatic rings. The fraction of sp³-hybridized carbons (Fsp3) is 0.486. The van der Waals surface area contributed by atoms with Crippen LogP contribution in [0.2, 0.25) is 0 Å². The number of fused-ring (bicyclic) bond motifs is 3. The Morgan fingerprint density at radius 3 is 2.76 bits per heavy atom. The van der Waals surface area contributed by atoms with Crippen molar-refractivity contribution >= 4 is 29.2 Å². The molecule has 10 nitrogen and oxygen atoms in total. The summed E-state index contributed by atoms with van der Waals surface area (Å²) in [7, 11) is 2.10. The van der Waals surface area contributed by atoms with Crippen molar-refractivity contribution in [3.8, 4) is 0 Å². The van der Waals surface area contributed by atoms with Crippen molar-refractivity contribution in [1.82, 2.24) is 25.0 Å². The Kier molecular flexibility index (Phi) is 7.95. The summed E-state index contributed by atoms with van der Waals surface area (Å²) in [5, 5.41) is 9.46. The van der Waals surface area contributed by atoms with Crippen LogP contribution in [0.3, 0.4) is 0 Å². The number of likely N-dealkylation sites (tertiary alicyclic amines) is 1. The van der Waals surface area contributed by atoms with E-state index in [9.17, 15) is 14.4 Å². The number of nitrogens with zero attached hydrogens (tertiary/aromatic N) is 4. The number of amides is 3. The molecule has 1 spiro atoms. The van der Waals surface area contributed by atoms with Gasteiger partial charge in [0, 0.05) is 62.3 Å². The van der Waals surface area contributed by atoms with E-state index in [1.807, 2.05) is 35.2 Å². The lowest BCUT2D eigenvalue weighted by atomic mass is 9.79. The zero-order valence-corrected chi connectivity index (χ0v) is 26.2. The lowest BCUT2D eigenvalue weighted by Crippen LogP contribution is -2.55. The third-order valence-electron chi connectivity index (χ3n) is 10.4. The first-order valence-electron chi connectivity index (χ1n) is 16.3. The first-order chi connectivity index (χ1) is 21.8. The highest BCUT2D eigenvalue weighted by atomic mass is 16.2. The highest BCUT2D eigenvalue weighted by Gasteiger charge is 2.51. The molecular formula is C35H43N7O3. The summed E-state index contributed by atoms with van der Waals surface area (Å²) in [4.78, 5) is 51.5. The first kappa shape index (κ1) is 29.7. The minimum Gasteiger partial charge on any atom is -0.362 e. The molecule has 0 bridgehead atoms. The fourth-order valence-electron chi connectivity index (χ4n) is 7.93. The molecule has 1 aliphatic carbocycles. The molecule has 3 amide bonds. The summed E-state index contributed by atoms with van der Waals surface area (Å²) >= 11 is 0. The maximum absolute atomic E-state index is 14.0. The zero-order valence-electron chi connectivity index (χ0n) is 26.2. The van der Waals surface area contributed by atoms with Crippen molar-refractivity contribution < 1.29 is 14.4 Å². The summed E-state index contributed by atoms with van der Waals surface area (Å²) in [5.41, 5.74) is 4.40. The molecule has 1 aromatic heterocycles. The number of allylic oxidation sites excluding steroid dienone is 2. The van der Waals surface area contributed by atoms with E-state index in [2.05, 4.69) is 63.1 Å². The smallest absolute Gasteiger partial charge is 0.244 e. The number of pyridine rings is 1. The highest BCUT2D eigenvalue weighted by molar-refractivity contribution is 6.06. The predicted molar refractivity (Wildman–Crippen MR) is 173 cm³/mol. The van der Waals surface area contributed by atoms with Gasteiger partial charge in [-0.3, -0.25) is 19.3 Å². The van der Waals surface area contributed by atoms with Gasteiger partial charge in [-0.2, -0.15) is 0 Å². The molecule has 4 aliphatic heterocycles. The minimum absolute atomic E-state index is 0.00432. The maximum Gasteiger partial charge on any atom is 0.244 e. The lowest BCUT2D eigenvalue weighted by Gasteiger charge is -2.42. The molecule has 0 saturated carbocycles. The quantitative estimate of drug-likeness (QED) is 0.462. The van der Waals surface area contributed by atoms with Crippen LogP contribution >= 0.6 is 0 Å². The highest BCUT2D eigenvalue weighted by Crippen LogP contribution is 2.47. The Bertz CT molecular complexity index is 1560. The standard InChI is InChI=1S/C35H43N7O3/c1-23-9-14-40(2)31(17-23)41-15-10-24(11-16-41)33(44)42(28-5-3-12-36-21-28)22-30(43)38-27-8-7-25-19-35(20-26(25)18-27)29-6-4-13-37-32(29)39-34(35)45/h4,6-9,13-14,17-18,24,28,31,36H,3,5,10-12,15-16,19-22H2,1-2H3,(H,38,43)(H,37,39,45)/t28-,31?,35+/m0/s1. The SMILES string of the molecule is CC1=CC(N2CCC(C(=O)N(CC(=O)Nc3ccc4c(c3)C[C@@]3(C4)C(=O)Nc4ncccc43)[C@H]3CCCNC3)CC2)N(C)C=C1. The number of likely N-dealkylation sites (N-methyl/N-ethyl adjacent to an activating group) is 1. The molecule has 5 aliphatic rings. The number of rotatable bonds is 6. The number of piperidine rings is 2. The molecule has 1 aromatic carbocycles. The number of benzene rings is 1. The molecule has 7 rings (SSSR count). The Morgan fingerprint density at radius 2 is 1.96 bits per heavy atom. The molecule has 0 radical (unpaired) electrons. The van der Waals surface area contributed by atoms with Crippen LogP contribution in [0.5, 0.6) is 0 Å². The molecule has 2 saturated heterocycles. The third-order valence-corrected chi connectivity index (χ3v) is 10.4. The van der Waals surface area contributed by atoms with Crippen LogP contribution in [0.4, 0.5) is 11.5 Å². The number of anilines is 2. The number of carbonyl (C=O) groups is 3. The van der Waals surface area contributed by atoms with Crippen LogP contribution < -0.4 is 16.0 Å². The Labute approximate surface area is 264 Å². The second kappa shape index (κ2) is 12.1. The van der Waals surface area contributed by atoms with E-state index in [0.717, 1.165) is 62.0 Å². The normalized spacial score (nSPS) is 26.3. The minimum atomic E-state index is -0.653. The predicted octanol–water partition coefficient (Wildman–Crippen LogP) is 3.03. The largest absolute Gasteiger partial charge is 0.362 e. The molecule has 3 atom stereocenters. The van der Waals surface area contributed by atoms with Gasteiger partial charge in [0.2, 0.25) is 17.7 Å². The number of hydrogen-bond acceptors (Lipinski definition) is 7. The number of hydrogen-bond donors (Lipinski definition) is 3. The van der Waals surface area contributed by atoms with E-state index >= 15 is 0 Å². The molecular weight excluding hydrogens is 566 g/mol. The van der Waals surface area contributed by atoms with Crippen LogP contribution in [-0.2, 0) is 32.6 Å². The van der Waals surface area contributed by atoms with Gasteiger partial charge in [-0.15, -0.1) is 0 Å². The first-order valence-corrected chi connectivity index (χ1v) is 16.3. The second-order valence-corrected chi connectivity index (χ2v) is 13.4. The molecule has 3 N–H and O–H groups in total. The van der Waals surface area contributed by atoms with E-state index in [1.54, 1.807) is 6.20 Å². The van der Waals surface area contributed by atoms with Gasteiger partial charge < -0.3 is 25.8 Å². The molecule has 45 heavy (non-hydrogen) atoms. The van der Waals surface area contributed by atoms with Crippen molar-refractivity contribution in [3.05, 3.63) is 77.1 Å². The van der Waals surface area contributed by atoms with E-state index in [1.165, 1.54) is 5.57 Å². The molecule has 236 valence electrons. The van der Waals surface area contributed by atoms with E-state index < -0.39 is 5.41 Å². The van der Waals surface area contributed by atoms with Gasteiger partial charge in [-0.1, -0.05) is 17.7 Å². The summed E-state index contributed by atoms with van der Waals surface area (Å²) in [6.07, 6.45) is 13.1. The molecule has 5 heterocycles. The van der Waals surface area contributed by atoms with E-state index in [-0.39, 0.29) is 42.4 Å². The van der Waals surface area contributed by atoms with Crippen LogP contribution in [-0.4, -0.2) is 89.4 Å². The van der Waals surface area contributed by atoms with Crippen LogP contribution in [0.1, 0.15) is 49.3 Å². The fourth-order valence-corrected chi connectivity index (χ4v) is 7.93. The monoisotopic (exact) mass is 609 g/mol. The van der Waals surface area contributed by atoms with Crippen molar-refractivity contribution in [1.29, 1.82) is 0 Å². The van der Waals surface area contributed by atoms with Crippen molar-refractivity contribution in [2.24, 2.45) is 5.92 Å². The Hall–Kier alpha value is -4.02.